The lowest BCUT2D eigenvalue weighted by atomic mass is 10.1. The van der Waals surface area contributed by atoms with Crippen molar-refractivity contribution in [1.29, 1.82) is 0 Å². The van der Waals surface area contributed by atoms with Crippen LogP contribution in [0, 0.1) is 0 Å². The molecule has 1 aliphatic heterocycles. The van der Waals surface area contributed by atoms with Crippen molar-refractivity contribution < 1.29 is 14.3 Å². The molecule has 0 saturated carbocycles. The van der Waals surface area contributed by atoms with Crippen LogP contribution in [-0.4, -0.2) is 35.8 Å². The van der Waals surface area contributed by atoms with Crippen molar-refractivity contribution in [3.63, 3.8) is 0 Å². The second kappa shape index (κ2) is 5.70. The van der Waals surface area contributed by atoms with Gasteiger partial charge in [-0.3, -0.25) is 0 Å². The summed E-state index contributed by atoms with van der Waals surface area (Å²) in [5.74, 6) is 0.535. The minimum absolute atomic E-state index is 0.0847. The van der Waals surface area contributed by atoms with Gasteiger partial charge in [0.05, 0.1) is 18.1 Å². The molecule has 1 fully saturated rings. The highest BCUT2D eigenvalue weighted by atomic mass is 35.5. The van der Waals surface area contributed by atoms with Gasteiger partial charge in [-0.15, -0.1) is 0 Å². The summed E-state index contributed by atoms with van der Waals surface area (Å²) in [5.41, 5.74) is -0.487. The van der Waals surface area contributed by atoms with Crippen molar-refractivity contribution >= 4 is 29.3 Å². The van der Waals surface area contributed by atoms with Gasteiger partial charge in [-0.2, -0.15) is 0 Å². The maximum Gasteiger partial charge on any atom is 0.410 e. The van der Waals surface area contributed by atoms with Gasteiger partial charge in [0.15, 0.2) is 0 Å². The summed E-state index contributed by atoms with van der Waals surface area (Å²) in [6, 6.07) is 5.22. The van der Waals surface area contributed by atoms with Gasteiger partial charge in [-0.25, -0.2) is 4.79 Å². The van der Waals surface area contributed by atoms with Crippen LogP contribution in [0.4, 0.5) is 4.79 Å². The van der Waals surface area contributed by atoms with E-state index in [1.54, 1.807) is 23.1 Å². The third-order valence-corrected chi connectivity index (χ3v) is 3.51. The van der Waals surface area contributed by atoms with Crippen LogP contribution in [-0.2, 0) is 4.74 Å². The highest BCUT2D eigenvalue weighted by molar-refractivity contribution is 6.42. The van der Waals surface area contributed by atoms with Gasteiger partial charge >= 0.3 is 6.09 Å². The van der Waals surface area contributed by atoms with Crippen LogP contribution in [0.15, 0.2) is 18.2 Å². The average molecular weight is 318 g/mol. The highest BCUT2D eigenvalue weighted by Crippen LogP contribution is 2.33. The first-order chi connectivity index (χ1) is 9.26. The molecule has 110 valence electrons. The monoisotopic (exact) mass is 317 g/mol. The maximum atomic E-state index is 11.8. The number of rotatable bonds is 2. The zero-order chi connectivity index (χ0) is 14.9. The Balaban J connectivity index is 1.85. The van der Waals surface area contributed by atoms with Gasteiger partial charge in [0.1, 0.15) is 22.5 Å². The summed E-state index contributed by atoms with van der Waals surface area (Å²) in [7, 11) is 0. The van der Waals surface area contributed by atoms with Gasteiger partial charge in [0.25, 0.3) is 0 Å². The summed E-state index contributed by atoms with van der Waals surface area (Å²) in [6.45, 7) is 6.48. The largest absolute Gasteiger partial charge is 0.485 e. The Kier molecular flexibility index (Phi) is 4.35. The fourth-order valence-corrected chi connectivity index (χ4v) is 2.08. The molecule has 4 nitrogen and oxygen atoms in total. The van der Waals surface area contributed by atoms with Crippen LogP contribution in [0.1, 0.15) is 20.8 Å². The molecule has 1 aromatic rings. The Morgan fingerprint density at radius 2 is 1.95 bits per heavy atom. The first-order valence-electron chi connectivity index (χ1n) is 6.35. The van der Waals surface area contributed by atoms with E-state index in [0.717, 1.165) is 0 Å². The van der Waals surface area contributed by atoms with Crippen LogP contribution in [0.25, 0.3) is 0 Å². The molecule has 0 spiro atoms. The van der Waals surface area contributed by atoms with Crippen LogP contribution in [0.3, 0.4) is 0 Å². The molecule has 1 saturated heterocycles. The number of hydrogen-bond donors (Lipinski definition) is 0. The number of benzene rings is 1. The van der Waals surface area contributed by atoms with Crippen molar-refractivity contribution in [3.8, 4) is 5.75 Å². The number of halogens is 2. The van der Waals surface area contributed by atoms with Crippen molar-refractivity contribution in [3.05, 3.63) is 28.2 Å². The standard InChI is InChI=1S/C14H17Cl2NO3/c1-14(2,3)20-13(18)17-7-9(8-17)19-11-6-4-5-10(15)12(11)16/h4-6,9H,7-8H2,1-3H3. The summed E-state index contributed by atoms with van der Waals surface area (Å²) < 4.78 is 11.0. The SMILES string of the molecule is CC(C)(C)OC(=O)N1CC(Oc2cccc(Cl)c2Cl)C1. The van der Waals surface area contributed by atoms with Crippen LogP contribution < -0.4 is 4.74 Å². The molecule has 0 bridgehead atoms. The summed E-state index contributed by atoms with van der Waals surface area (Å²) in [4.78, 5) is 13.4. The molecule has 2 rings (SSSR count). The molecule has 0 aromatic heterocycles. The molecule has 0 atom stereocenters. The highest BCUT2D eigenvalue weighted by Gasteiger charge is 2.35. The predicted octanol–water partition coefficient (Wildman–Crippen LogP) is 3.99. The van der Waals surface area contributed by atoms with Crippen LogP contribution in [0.5, 0.6) is 5.75 Å². The zero-order valence-corrected chi connectivity index (χ0v) is 13.2. The molecular weight excluding hydrogens is 301 g/mol. The van der Waals surface area contributed by atoms with E-state index in [9.17, 15) is 4.79 Å². The van der Waals surface area contributed by atoms with E-state index in [-0.39, 0.29) is 12.2 Å². The number of nitrogens with zero attached hydrogens (tertiary/aromatic N) is 1. The van der Waals surface area contributed by atoms with Crippen molar-refractivity contribution in [2.75, 3.05) is 13.1 Å². The molecule has 0 radical (unpaired) electrons. The third-order valence-electron chi connectivity index (χ3n) is 2.71. The molecule has 0 aliphatic carbocycles. The molecular formula is C14H17Cl2NO3. The lowest BCUT2D eigenvalue weighted by molar-refractivity contribution is -0.0221. The molecule has 0 unspecified atom stereocenters. The first-order valence-corrected chi connectivity index (χ1v) is 7.10. The van der Waals surface area contributed by atoms with Crippen LogP contribution >= 0.6 is 23.2 Å². The lowest BCUT2D eigenvalue weighted by Crippen LogP contribution is -2.57. The topological polar surface area (TPSA) is 38.8 Å². The fraction of sp³-hybridized carbons (Fsp3) is 0.500. The van der Waals surface area contributed by atoms with E-state index in [2.05, 4.69) is 0 Å². The summed E-state index contributed by atoms with van der Waals surface area (Å²) in [6.07, 6.45) is -0.409. The Hall–Kier alpha value is -1.13. The predicted molar refractivity (Wildman–Crippen MR) is 78.7 cm³/mol. The Morgan fingerprint density at radius 3 is 2.55 bits per heavy atom. The quantitative estimate of drug-likeness (QED) is 0.827. The molecule has 1 aliphatic rings. The van der Waals surface area contributed by atoms with Crippen LogP contribution in [0.2, 0.25) is 10.0 Å². The smallest absolute Gasteiger partial charge is 0.410 e. The second-order valence-corrected chi connectivity index (χ2v) is 6.46. The Bertz CT molecular complexity index is 508. The van der Waals surface area contributed by atoms with Gasteiger partial charge in [0, 0.05) is 0 Å². The number of amides is 1. The van der Waals surface area contributed by atoms with E-state index < -0.39 is 5.60 Å². The summed E-state index contributed by atoms with van der Waals surface area (Å²) >= 11 is 12.0. The fourth-order valence-electron chi connectivity index (χ4n) is 1.74. The lowest BCUT2D eigenvalue weighted by Gasteiger charge is -2.39. The second-order valence-electron chi connectivity index (χ2n) is 5.68. The van der Waals surface area contributed by atoms with Crippen molar-refractivity contribution in [2.24, 2.45) is 0 Å². The number of carbonyl (C=O) groups excluding carboxylic acids is 1. The van der Waals surface area contributed by atoms with E-state index in [4.69, 9.17) is 32.7 Å². The van der Waals surface area contributed by atoms with Gasteiger partial charge in [-0.1, -0.05) is 29.3 Å². The van der Waals surface area contributed by atoms with E-state index >= 15 is 0 Å². The average Bonchev–Trinajstić information content (AvgIpc) is 2.25. The van der Waals surface area contributed by atoms with Gasteiger partial charge in [0.2, 0.25) is 0 Å². The number of ether oxygens (including phenoxy) is 2. The molecule has 20 heavy (non-hydrogen) atoms. The minimum Gasteiger partial charge on any atom is -0.485 e. The van der Waals surface area contributed by atoms with Gasteiger partial charge < -0.3 is 14.4 Å². The molecule has 0 N–H and O–H groups in total. The third kappa shape index (κ3) is 3.70. The first kappa shape index (κ1) is 15.3. The number of hydrogen-bond acceptors (Lipinski definition) is 3. The maximum absolute atomic E-state index is 11.8. The van der Waals surface area contributed by atoms with Gasteiger partial charge in [-0.05, 0) is 32.9 Å². The number of carbonyl (C=O) groups is 1. The van der Waals surface area contributed by atoms with Crippen molar-refractivity contribution in [1.82, 2.24) is 4.90 Å². The Morgan fingerprint density at radius 1 is 1.30 bits per heavy atom. The molecule has 6 heteroatoms. The zero-order valence-electron chi connectivity index (χ0n) is 11.7. The molecule has 1 heterocycles. The minimum atomic E-state index is -0.487. The van der Waals surface area contributed by atoms with E-state index in [1.165, 1.54) is 0 Å². The number of likely N-dealkylation sites (tertiary alicyclic amines) is 1. The van der Waals surface area contributed by atoms with E-state index in [0.29, 0.717) is 28.9 Å². The molecule has 1 aromatic carbocycles. The Labute approximate surface area is 128 Å². The van der Waals surface area contributed by atoms with Crippen molar-refractivity contribution in [2.45, 2.75) is 32.5 Å². The molecule has 1 amide bonds. The summed E-state index contributed by atoms with van der Waals surface area (Å²) in [5, 5.41) is 0.845. The van der Waals surface area contributed by atoms with E-state index in [1.807, 2.05) is 20.8 Å². The normalized spacial score (nSPS) is 15.8.